The summed E-state index contributed by atoms with van der Waals surface area (Å²) in [4.78, 5) is 12.4. The number of nitriles is 1. The lowest BCUT2D eigenvalue weighted by Crippen LogP contribution is -2.49. The first-order valence-electron chi connectivity index (χ1n) is 8.54. The first kappa shape index (κ1) is 15.1. The highest BCUT2D eigenvalue weighted by molar-refractivity contribution is 5.80. The number of carbonyl (C=O) groups is 1. The summed E-state index contributed by atoms with van der Waals surface area (Å²) in [7, 11) is 0. The number of amides is 1. The number of rotatable bonds is 3. The van der Waals surface area contributed by atoms with E-state index in [1.54, 1.807) is 0 Å². The lowest BCUT2D eigenvalue weighted by molar-refractivity contribution is -0.122. The minimum absolute atomic E-state index is 0.0146. The molecule has 0 saturated heterocycles. The fourth-order valence-electron chi connectivity index (χ4n) is 3.81. The molecule has 1 amide bonds. The Labute approximate surface area is 132 Å². The summed E-state index contributed by atoms with van der Waals surface area (Å²) in [6.07, 6.45) is 10.0. The summed E-state index contributed by atoms with van der Waals surface area (Å²) in [6, 6.07) is 8.79. The molecule has 0 spiro atoms. The van der Waals surface area contributed by atoms with Gasteiger partial charge in [0.25, 0.3) is 0 Å². The summed E-state index contributed by atoms with van der Waals surface area (Å²) >= 11 is 0. The molecule has 3 rings (SSSR count). The van der Waals surface area contributed by atoms with Crippen LogP contribution in [0.2, 0.25) is 0 Å². The van der Waals surface area contributed by atoms with Gasteiger partial charge in [0.2, 0.25) is 5.91 Å². The van der Waals surface area contributed by atoms with Crippen molar-refractivity contribution in [2.75, 3.05) is 0 Å². The van der Waals surface area contributed by atoms with Gasteiger partial charge in [0.05, 0.1) is 12.5 Å². The first-order valence-corrected chi connectivity index (χ1v) is 8.54. The van der Waals surface area contributed by atoms with Gasteiger partial charge in [-0.25, -0.2) is 0 Å². The molecule has 0 heterocycles. The second kappa shape index (κ2) is 6.52. The molecular weight excluding hydrogens is 272 g/mol. The molecule has 0 bridgehead atoms. The third-order valence-electron chi connectivity index (χ3n) is 5.08. The van der Waals surface area contributed by atoms with Gasteiger partial charge < -0.3 is 5.32 Å². The van der Waals surface area contributed by atoms with Gasteiger partial charge in [-0.1, -0.05) is 37.5 Å². The quantitative estimate of drug-likeness (QED) is 0.928. The van der Waals surface area contributed by atoms with Crippen LogP contribution in [0.5, 0.6) is 0 Å². The predicted molar refractivity (Wildman–Crippen MR) is 86.4 cm³/mol. The average Bonchev–Trinajstić information content (AvgIpc) is 2.55. The van der Waals surface area contributed by atoms with E-state index in [1.807, 2.05) is 0 Å². The van der Waals surface area contributed by atoms with Crippen molar-refractivity contribution < 1.29 is 4.79 Å². The van der Waals surface area contributed by atoms with Gasteiger partial charge in [-0.2, -0.15) is 5.26 Å². The van der Waals surface area contributed by atoms with E-state index < -0.39 is 5.54 Å². The van der Waals surface area contributed by atoms with Crippen LogP contribution < -0.4 is 5.32 Å². The maximum absolute atomic E-state index is 12.4. The SMILES string of the molecule is N#CC1(NC(=O)Cc2ccc3c(c2)CCCC3)CCCCC1. The van der Waals surface area contributed by atoms with Gasteiger partial charge in [-0.3, -0.25) is 4.79 Å². The molecule has 0 aliphatic heterocycles. The largest absolute Gasteiger partial charge is 0.338 e. The Hall–Kier alpha value is -1.82. The van der Waals surface area contributed by atoms with Crippen molar-refractivity contribution >= 4 is 5.91 Å². The van der Waals surface area contributed by atoms with Crippen LogP contribution in [0, 0.1) is 11.3 Å². The zero-order chi connectivity index (χ0) is 15.4. The Balaban J connectivity index is 1.65. The number of hydrogen-bond acceptors (Lipinski definition) is 2. The average molecular weight is 296 g/mol. The van der Waals surface area contributed by atoms with Gasteiger partial charge in [-0.15, -0.1) is 0 Å². The summed E-state index contributed by atoms with van der Waals surface area (Å²) in [5.41, 5.74) is 3.30. The van der Waals surface area contributed by atoms with Crippen molar-refractivity contribution in [3.63, 3.8) is 0 Å². The molecule has 1 fully saturated rings. The van der Waals surface area contributed by atoms with Crippen LogP contribution in [0.4, 0.5) is 0 Å². The highest BCUT2D eigenvalue weighted by atomic mass is 16.1. The van der Waals surface area contributed by atoms with E-state index in [4.69, 9.17) is 0 Å². The Morgan fingerprint density at radius 1 is 1.09 bits per heavy atom. The number of nitrogens with zero attached hydrogens (tertiary/aromatic N) is 1. The first-order chi connectivity index (χ1) is 10.7. The van der Waals surface area contributed by atoms with E-state index in [1.165, 1.54) is 36.8 Å². The number of benzene rings is 1. The molecular formula is C19H24N2O. The molecule has 0 radical (unpaired) electrons. The summed E-state index contributed by atoms with van der Waals surface area (Å²) in [5.74, 6) is -0.0146. The molecule has 0 atom stereocenters. The van der Waals surface area contributed by atoms with Crippen molar-refractivity contribution in [1.82, 2.24) is 5.32 Å². The van der Waals surface area contributed by atoms with Gasteiger partial charge >= 0.3 is 0 Å². The minimum Gasteiger partial charge on any atom is -0.338 e. The monoisotopic (exact) mass is 296 g/mol. The normalized spacial score (nSPS) is 19.8. The highest BCUT2D eigenvalue weighted by Gasteiger charge is 2.33. The van der Waals surface area contributed by atoms with Crippen LogP contribution in [0.1, 0.15) is 61.6 Å². The van der Waals surface area contributed by atoms with Gasteiger partial charge in [0.15, 0.2) is 0 Å². The fourth-order valence-corrected chi connectivity index (χ4v) is 3.81. The molecule has 1 N–H and O–H groups in total. The van der Waals surface area contributed by atoms with E-state index in [0.29, 0.717) is 6.42 Å². The smallest absolute Gasteiger partial charge is 0.225 e. The zero-order valence-corrected chi connectivity index (χ0v) is 13.2. The number of fused-ring (bicyclic) bond motifs is 1. The maximum Gasteiger partial charge on any atom is 0.225 e. The van der Waals surface area contributed by atoms with Crippen LogP contribution >= 0.6 is 0 Å². The summed E-state index contributed by atoms with van der Waals surface area (Å²) in [6.45, 7) is 0. The second-order valence-electron chi connectivity index (χ2n) is 6.79. The number of nitrogens with one attached hydrogen (secondary N) is 1. The number of carbonyl (C=O) groups excluding carboxylic acids is 1. The number of hydrogen-bond donors (Lipinski definition) is 1. The lowest BCUT2D eigenvalue weighted by atomic mass is 9.82. The third kappa shape index (κ3) is 3.32. The molecule has 3 heteroatoms. The van der Waals surface area contributed by atoms with Gasteiger partial charge in [0, 0.05) is 0 Å². The molecule has 0 unspecified atom stereocenters. The van der Waals surface area contributed by atoms with Crippen molar-refractivity contribution in [1.29, 1.82) is 5.26 Å². The van der Waals surface area contributed by atoms with Crippen LogP contribution in [0.15, 0.2) is 18.2 Å². The minimum atomic E-state index is -0.621. The molecule has 116 valence electrons. The van der Waals surface area contributed by atoms with Crippen molar-refractivity contribution in [3.8, 4) is 6.07 Å². The van der Waals surface area contributed by atoms with Crippen molar-refractivity contribution in [2.45, 2.75) is 69.7 Å². The van der Waals surface area contributed by atoms with Crippen LogP contribution in [-0.4, -0.2) is 11.4 Å². The van der Waals surface area contributed by atoms with Crippen LogP contribution in [0.3, 0.4) is 0 Å². The van der Waals surface area contributed by atoms with Crippen LogP contribution in [0.25, 0.3) is 0 Å². The Morgan fingerprint density at radius 2 is 1.82 bits per heavy atom. The molecule has 3 nitrogen and oxygen atoms in total. The molecule has 22 heavy (non-hydrogen) atoms. The van der Waals surface area contributed by atoms with E-state index in [0.717, 1.165) is 37.7 Å². The highest BCUT2D eigenvalue weighted by Crippen LogP contribution is 2.28. The van der Waals surface area contributed by atoms with E-state index in [-0.39, 0.29) is 5.91 Å². The molecule has 2 aliphatic carbocycles. The van der Waals surface area contributed by atoms with E-state index >= 15 is 0 Å². The van der Waals surface area contributed by atoms with Gasteiger partial charge in [-0.05, 0) is 55.2 Å². The molecule has 1 saturated carbocycles. The third-order valence-corrected chi connectivity index (χ3v) is 5.08. The van der Waals surface area contributed by atoms with E-state index in [9.17, 15) is 10.1 Å². The zero-order valence-electron chi connectivity index (χ0n) is 13.2. The van der Waals surface area contributed by atoms with Crippen LogP contribution in [-0.2, 0) is 24.1 Å². The molecule has 1 aromatic rings. The number of aryl methyl sites for hydroxylation is 2. The van der Waals surface area contributed by atoms with Gasteiger partial charge in [0.1, 0.15) is 5.54 Å². The predicted octanol–water partition coefficient (Wildman–Crippen LogP) is 3.45. The Morgan fingerprint density at radius 3 is 2.55 bits per heavy atom. The lowest BCUT2D eigenvalue weighted by Gasteiger charge is -2.31. The standard InChI is InChI=1S/C19H24N2O/c20-14-19(10-4-1-5-11-19)21-18(22)13-15-8-9-16-6-2-3-7-17(16)12-15/h8-9,12H,1-7,10-11,13H2,(H,21,22). The maximum atomic E-state index is 12.4. The molecule has 1 aromatic carbocycles. The fraction of sp³-hybridized carbons (Fsp3) is 0.579. The summed E-state index contributed by atoms with van der Waals surface area (Å²) < 4.78 is 0. The second-order valence-corrected chi connectivity index (χ2v) is 6.79. The summed E-state index contributed by atoms with van der Waals surface area (Å²) in [5, 5.41) is 12.5. The van der Waals surface area contributed by atoms with E-state index in [2.05, 4.69) is 29.6 Å². The molecule has 0 aromatic heterocycles. The van der Waals surface area contributed by atoms with Crippen molar-refractivity contribution in [2.24, 2.45) is 0 Å². The van der Waals surface area contributed by atoms with Crippen molar-refractivity contribution in [3.05, 3.63) is 34.9 Å². The Kier molecular flexibility index (Phi) is 4.47. The Bertz CT molecular complexity index is 594. The molecule has 2 aliphatic rings. The topological polar surface area (TPSA) is 52.9 Å².